The zero-order chi connectivity index (χ0) is 25.8. The smallest absolute Gasteiger partial charge is 0.251 e. The Morgan fingerprint density at radius 3 is 2.09 bits per heavy atom. The number of nitrogens with one attached hydrogen (secondary N) is 2. The van der Waals surface area contributed by atoms with E-state index in [4.69, 9.17) is 9.94 Å². The standard InChI is InChI=1S/C29H42N2O4/c1-6-29(7-2,24-15-17-26(35-8-3)22(5)20-24)23-14-16-25(21(4)19-23)28(33)30-18-12-10-9-11-13-27(32)31-34/h14-17,19-20,34H,6-13,18H2,1-5H3,(H,30,33)(H,31,32). The molecular formula is C29H42N2O4. The quantitative estimate of drug-likeness (QED) is 0.175. The first kappa shape index (κ1) is 28.4. The molecule has 2 amide bonds. The second-order valence-electron chi connectivity index (χ2n) is 9.19. The molecule has 2 aromatic carbocycles. The number of hydrogen-bond donors (Lipinski definition) is 3. The number of benzene rings is 2. The van der Waals surface area contributed by atoms with Crippen LogP contribution in [0.15, 0.2) is 36.4 Å². The molecule has 0 aromatic heterocycles. The van der Waals surface area contributed by atoms with E-state index in [0.29, 0.717) is 25.1 Å². The van der Waals surface area contributed by atoms with Crippen molar-refractivity contribution >= 4 is 11.8 Å². The van der Waals surface area contributed by atoms with Crippen LogP contribution in [-0.4, -0.2) is 30.2 Å². The summed E-state index contributed by atoms with van der Waals surface area (Å²) in [6.45, 7) is 11.8. The van der Waals surface area contributed by atoms with Crippen molar-refractivity contribution in [3.8, 4) is 5.75 Å². The molecule has 0 bridgehead atoms. The van der Waals surface area contributed by atoms with Gasteiger partial charge in [-0.3, -0.25) is 14.8 Å². The molecule has 0 spiro atoms. The highest BCUT2D eigenvalue weighted by atomic mass is 16.5. The van der Waals surface area contributed by atoms with Crippen LogP contribution in [0.5, 0.6) is 5.75 Å². The molecule has 35 heavy (non-hydrogen) atoms. The van der Waals surface area contributed by atoms with Gasteiger partial charge in [0, 0.05) is 23.9 Å². The minimum Gasteiger partial charge on any atom is -0.494 e. The molecule has 2 rings (SSSR count). The van der Waals surface area contributed by atoms with Crippen molar-refractivity contribution in [2.75, 3.05) is 13.2 Å². The van der Waals surface area contributed by atoms with E-state index in [2.05, 4.69) is 56.4 Å². The summed E-state index contributed by atoms with van der Waals surface area (Å²) in [5.74, 6) is 0.519. The average molecular weight is 483 g/mol. The average Bonchev–Trinajstić information content (AvgIpc) is 2.86. The van der Waals surface area contributed by atoms with Crippen LogP contribution in [-0.2, 0) is 10.2 Å². The maximum absolute atomic E-state index is 12.8. The molecule has 0 saturated heterocycles. The minimum absolute atomic E-state index is 0.0517. The lowest BCUT2D eigenvalue weighted by molar-refractivity contribution is -0.129. The molecule has 6 heteroatoms. The molecule has 0 heterocycles. The highest BCUT2D eigenvalue weighted by Gasteiger charge is 2.31. The maximum atomic E-state index is 12.8. The van der Waals surface area contributed by atoms with E-state index in [1.54, 1.807) is 5.48 Å². The maximum Gasteiger partial charge on any atom is 0.251 e. The van der Waals surface area contributed by atoms with E-state index < -0.39 is 0 Å². The van der Waals surface area contributed by atoms with E-state index in [1.165, 1.54) is 11.1 Å². The van der Waals surface area contributed by atoms with Crippen molar-refractivity contribution in [2.45, 2.75) is 85.0 Å². The molecule has 2 aromatic rings. The molecule has 0 aliphatic carbocycles. The fourth-order valence-corrected chi connectivity index (χ4v) is 4.83. The Kier molecular flexibility index (Phi) is 11.3. The Bertz CT molecular complexity index is 983. The number of ether oxygens (including phenoxy) is 1. The van der Waals surface area contributed by atoms with Crippen LogP contribution >= 0.6 is 0 Å². The van der Waals surface area contributed by atoms with Gasteiger partial charge in [0.05, 0.1) is 6.61 Å². The lowest BCUT2D eigenvalue weighted by atomic mass is 9.70. The van der Waals surface area contributed by atoms with Gasteiger partial charge in [-0.25, -0.2) is 5.48 Å². The molecule has 0 aliphatic heterocycles. The summed E-state index contributed by atoms with van der Waals surface area (Å²) < 4.78 is 5.74. The topological polar surface area (TPSA) is 87.7 Å². The van der Waals surface area contributed by atoms with Gasteiger partial charge in [0.25, 0.3) is 5.91 Å². The van der Waals surface area contributed by atoms with Crippen LogP contribution in [0.1, 0.15) is 98.3 Å². The van der Waals surface area contributed by atoms with Gasteiger partial charge in [0.2, 0.25) is 5.91 Å². The first-order valence-electron chi connectivity index (χ1n) is 12.9. The van der Waals surface area contributed by atoms with Crippen LogP contribution in [0.2, 0.25) is 0 Å². The van der Waals surface area contributed by atoms with Crippen LogP contribution in [0.4, 0.5) is 0 Å². The van der Waals surface area contributed by atoms with Gasteiger partial charge >= 0.3 is 0 Å². The number of hydrogen-bond acceptors (Lipinski definition) is 4. The van der Waals surface area contributed by atoms with Gasteiger partial charge in [-0.2, -0.15) is 0 Å². The number of unbranched alkanes of at least 4 members (excludes halogenated alkanes) is 3. The van der Waals surface area contributed by atoms with Gasteiger partial charge in [0.15, 0.2) is 0 Å². The highest BCUT2D eigenvalue weighted by Crippen LogP contribution is 2.40. The molecular weight excluding hydrogens is 440 g/mol. The fourth-order valence-electron chi connectivity index (χ4n) is 4.83. The van der Waals surface area contributed by atoms with Gasteiger partial charge < -0.3 is 10.1 Å². The van der Waals surface area contributed by atoms with E-state index in [1.807, 2.05) is 19.9 Å². The van der Waals surface area contributed by atoms with Crippen LogP contribution < -0.4 is 15.5 Å². The van der Waals surface area contributed by atoms with Crippen molar-refractivity contribution in [1.82, 2.24) is 10.8 Å². The summed E-state index contributed by atoms with van der Waals surface area (Å²) in [6, 6.07) is 12.7. The van der Waals surface area contributed by atoms with Crippen molar-refractivity contribution in [1.29, 1.82) is 0 Å². The second-order valence-corrected chi connectivity index (χ2v) is 9.19. The zero-order valence-corrected chi connectivity index (χ0v) is 22.0. The van der Waals surface area contributed by atoms with Crippen LogP contribution in [0.25, 0.3) is 0 Å². The molecule has 0 radical (unpaired) electrons. The number of aryl methyl sites for hydroxylation is 2. The Morgan fingerprint density at radius 1 is 0.886 bits per heavy atom. The number of amides is 2. The lowest BCUT2D eigenvalue weighted by Gasteiger charge is -2.34. The zero-order valence-electron chi connectivity index (χ0n) is 22.0. The monoisotopic (exact) mass is 482 g/mol. The third-order valence-corrected chi connectivity index (χ3v) is 7.00. The van der Waals surface area contributed by atoms with Gasteiger partial charge in [0.1, 0.15) is 5.75 Å². The van der Waals surface area contributed by atoms with Gasteiger partial charge in [-0.1, -0.05) is 51.0 Å². The normalized spacial score (nSPS) is 11.3. The van der Waals surface area contributed by atoms with Crippen molar-refractivity contribution in [2.24, 2.45) is 0 Å². The molecule has 0 saturated carbocycles. The molecule has 6 nitrogen and oxygen atoms in total. The van der Waals surface area contributed by atoms with Crippen LogP contribution in [0.3, 0.4) is 0 Å². The highest BCUT2D eigenvalue weighted by molar-refractivity contribution is 5.95. The summed E-state index contributed by atoms with van der Waals surface area (Å²) in [5, 5.41) is 11.5. The first-order chi connectivity index (χ1) is 16.8. The van der Waals surface area contributed by atoms with Crippen molar-refractivity contribution in [3.05, 3.63) is 64.2 Å². The SMILES string of the molecule is CCOc1ccc(C(CC)(CC)c2ccc(C(=O)NCCCCCCC(=O)NO)c(C)c2)cc1C. The fraction of sp³-hybridized carbons (Fsp3) is 0.517. The van der Waals surface area contributed by atoms with Crippen molar-refractivity contribution in [3.63, 3.8) is 0 Å². The van der Waals surface area contributed by atoms with Gasteiger partial charge in [-0.05, 0) is 80.8 Å². The molecule has 0 aliphatic rings. The summed E-state index contributed by atoms with van der Waals surface area (Å²) >= 11 is 0. The summed E-state index contributed by atoms with van der Waals surface area (Å²) in [4.78, 5) is 23.8. The third kappa shape index (κ3) is 7.31. The minimum atomic E-state index is -0.356. The lowest BCUT2D eigenvalue weighted by Crippen LogP contribution is -2.28. The van der Waals surface area contributed by atoms with Crippen LogP contribution in [0, 0.1) is 13.8 Å². The number of carbonyl (C=O) groups excluding carboxylic acids is 2. The molecule has 3 N–H and O–H groups in total. The van der Waals surface area contributed by atoms with E-state index in [-0.39, 0.29) is 17.2 Å². The van der Waals surface area contributed by atoms with E-state index in [0.717, 1.165) is 55.4 Å². The Labute approximate surface area is 210 Å². The number of rotatable bonds is 14. The van der Waals surface area contributed by atoms with E-state index in [9.17, 15) is 9.59 Å². The molecule has 0 atom stereocenters. The summed E-state index contributed by atoms with van der Waals surface area (Å²) in [5.41, 5.74) is 6.84. The summed E-state index contributed by atoms with van der Waals surface area (Å²) in [7, 11) is 0. The first-order valence-corrected chi connectivity index (χ1v) is 12.9. The molecule has 0 fully saturated rings. The van der Waals surface area contributed by atoms with Gasteiger partial charge in [-0.15, -0.1) is 0 Å². The molecule has 0 unspecified atom stereocenters. The predicted molar refractivity (Wildman–Crippen MR) is 140 cm³/mol. The number of hydroxylamine groups is 1. The third-order valence-electron chi connectivity index (χ3n) is 7.00. The largest absolute Gasteiger partial charge is 0.494 e. The Morgan fingerprint density at radius 2 is 1.51 bits per heavy atom. The van der Waals surface area contributed by atoms with E-state index >= 15 is 0 Å². The Balaban J connectivity index is 2.07. The Hall–Kier alpha value is -2.86. The second kappa shape index (κ2) is 13.9. The number of carbonyl (C=O) groups is 2. The molecule has 192 valence electrons. The summed E-state index contributed by atoms with van der Waals surface area (Å²) in [6.07, 6.45) is 5.64. The van der Waals surface area contributed by atoms with Crippen molar-refractivity contribution < 1.29 is 19.5 Å². The predicted octanol–water partition coefficient (Wildman–Crippen LogP) is 5.99.